The van der Waals surface area contributed by atoms with Crippen molar-refractivity contribution in [3.05, 3.63) is 53.6 Å². The number of hydrogen-bond acceptors (Lipinski definition) is 5. The molecule has 5 nitrogen and oxygen atoms in total. The van der Waals surface area contributed by atoms with Gasteiger partial charge < -0.3 is 18.9 Å². The highest BCUT2D eigenvalue weighted by atomic mass is 16.5. The first-order valence-electron chi connectivity index (χ1n) is 7.22. The van der Waals surface area contributed by atoms with Gasteiger partial charge in [0.2, 0.25) is 0 Å². The predicted molar refractivity (Wildman–Crippen MR) is 91.8 cm³/mol. The number of nitriles is 1. The van der Waals surface area contributed by atoms with Gasteiger partial charge in [0.1, 0.15) is 23.0 Å². The third-order valence-electron chi connectivity index (χ3n) is 3.57. The average molecular weight is 325 g/mol. The third kappa shape index (κ3) is 3.61. The molecule has 0 fully saturated rings. The minimum Gasteiger partial charge on any atom is -0.497 e. The molecule has 0 aliphatic heterocycles. The Morgan fingerprint density at radius 1 is 0.833 bits per heavy atom. The van der Waals surface area contributed by atoms with E-state index in [0.717, 1.165) is 11.1 Å². The summed E-state index contributed by atoms with van der Waals surface area (Å²) in [4.78, 5) is 0. The quantitative estimate of drug-likeness (QED) is 0.758. The molecule has 0 spiro atoms. The van der Waals surface area contributed by atoms with Crippen LogP contribution in [0.25, 0.3) is 5.57 Å². The molecule has 2 rings (SSSR count). The van der Waals surface area contributed by atoms with Crippen molar-refractivity contribution in [1.82, 2.24) is 0 Å². The van der Waals surface area contributed by atoms with Crippen molar-refractivity contribution in [1.29, 1.82) is 5.26 Å². The number of rotatable bonds is 6. The molecule has 0 heterocycles. The summed E-state index contributed by atoms with van der Waals surface area (Å²) >= 11 is 0. The van der Waals surface area contributed by atoms with E-state index in [2.05, 4.69) is 6.07 Å². The second-order valence-electron chi connectivity index (χ2n) is 4.85. The molecule has 0 amide bonds. The van der Waals surface area contributed by atoms with E-state index in [1.54, 1.807) is 46.6 Å². The van der Waals surface area contributed by atoms with Gasteiger partial charge in [-0.1, -0.05) is 0 Å². The van der Waals surface area contributed by atoms with E-state index < -0.39 is 0 Å². The summed E-state index contributed by atoms with van der Waals surface area (Å²) in [6, 6.07) is 13.0. The first-order chi connectivity index (χ1) is 11.7. The molecule has 2 aromatic carbocycles. The van der Waals surface area contributed by atoms with Crippen molar-refractivity contribution in [3.8, 4) is 29.1 Å². The minimum absolute atomic E-state index is 0.634. The number of hydrogen-bond donors (Lipinski definition) is 0. The van der Waals surface area contributed by atoms with E-state index in [0.29, 0.717) is 28.6 Å². The van der Waals surface area contributed by atoms with Crippen LogP contribution in [0.4, 0.5) is 0 Å². The predicted octanol–water partition coefficient (Wildman–Crippen LogP) is 3.68. The Bertz CT molecular complexity index is 768. The fraction of sp³-hybridized carbons (Fsp3) is 0.211. The fourth-order valence-corrected chi connectivity index (χ4v) is 2.37. The lowest BCUT2D eigenvalue weighted by molar-refractivity contribution is 0.394. The zero-order valence-corrected chi connectivity index (χ0v) is 14.1. The first kappa shape index (κ1) is 17.2. The molecule has 5 heteroatoms. The number of ether oxygens (including phenoxy) is 4. The molecule has 0 saturated carbocycles. The lowest BCUT2D eigenvalue weighted by Gasteiger charge is -2.15. The first-order valence-corrected chi connectivity index (χ1v) is 7.22. The van der Waals surface area contributed by atoms with E-state index in [-0.39, 0.29) is 0 Å². The van der Waals surface area contributed by atoms with Crippen LogP contribution in [-0.2, 0) is 0 Å². The molecule has 2 aromatic rings. The average Bonchev–Trinajstić information content (AvgIpc) is 2.64. The van der Waals surface area contributed by atoms with Crippen molar-refractivity contribution >= 4 is 5.57 Å². The Balaban J connectivity index is 2.68. The van der Waals surface area contributed by atoms with Crippen LogP contribution < -0.4 is 18.9 Å². The van der Waals surface area contributed by atoms with Gasteiger partial charge in [-0.25, -0.2) is 0 Å². The molecule has 0 atom stereocenters. The summed E-state index contributed by atoms with van der Waals surface area (Å²) < 4.78 is 21.4. The van der Waals surface area contributed by atoms with E-state index in [9.17, 15) is 5.26 Å². The van der Waals surface area contributed by atoms with Crippen molar-refractivity contribution in [2.24, 2.45) is 0 Å². The molecular weight excluding hydrogens is 306 g/mol. The maximum absolute atomic E-state index is 9.24. The van der Waals surface area contributed by atoms with Gasteiger partial charge in [0.15, 0.2) is 0 Å². The molecule has 124 valence electrons. The molecule has 0 radical (unpaired) electrons. The van der Waals surface area contributed by atoms with Crippen LogP contribution in [0.3, 0.4) is 0 Å². The third-order valence-corrected chi connectivity index (χ3v) is 3.57. The Hall–Kier alpha value is -3.13. The van der Waals surface area contributed by atoms with E-state index in [1.165, 1.54) is 6.08 Å². The lowest BCUT2D eigenvalue weighted by atomic mass is 9.96. The maximum atomic E-state index is 9.24. The van der Waals surface area contributed by atoms with Crippen molar-refractivity contribution < 1.29 is 18.9 Å². The second-order valence-corrected chi connectivity index (χ2v) is 4.85. The molecule has 0 bridgehead atoms. The van der Waals surface area contributed by atoms with E-state index in [1.807, 2.05) is 18.2 Å². The zero-order valence-electron chi connectivity index (χ0n) is 14.1. The van der Waals surface area contributed by atoms with Crippen LogP contribution in [0.5, 0.6) is 23.0 Å². The summed E-state index contributed by atoms with van der Waals surface area (Å²) in [5.41, 5.74) is 2.21. The summed E-state index contributed by atoms with van der Waals surface area (Å²) in [7, 11) is 6.34. The summed E-state index contributed by atoms with van der Waals surface area (Å²) in [6.45, 7) is 0. The SMILES string of the molecule is COc1cc(OC)cc(/C(=C/C#N)c2cc(OC)ccc2OC)c1. The maximum Gasteiger partial charge on any atom is 0.126 e. The van der Waals surface area contributed by atoms with Crippen LogP contribution in [0.2, 0.25) is 0 Å². The molecule has 0 saturated heterocycles. The van der Waals surface area contributed by atoms with Gasteiger partial charge in [0, 0.05) is 23.3 Å². The largest absolute Gasteiger partial charge is 0.497 e. The molecule has 0 aliphatic carbocycles. The van der Waals surface area contributed by atoms with Gasteiger partial charge >= 0.3 is 0 Å². The monoisotopic (exact) mass is 325 g/mol. The van der Waals surface area contributed by atoms with Gasteiger partial charge in [-0.3, -0.25) is 0 Å². The number of benzene rings is 2. The van der Waals surface area contributed by atoms with Crippen molar-refractivity contribution in [3.63, 3.8) is 0 Å². The highest BCUT2D eigenvalue weighted by Crippen LogP contribution is 2.36. The molecule has 0 aliphatic rings. The number of nitrogens with zero attached hydrogens (tertiary/aromatic N) is 1. The number of allylic oxidation sites excluding steroid dienone is 1. The summed E-state index contributed by atoms with van der Waals surface area (Å²) in [5, 5.41) is 9.24. The van der Waals surface area contributed by atoms with Crippen LogP contribution in [0.15, 0.2) is 42.5 Å². The van der Waals surface area contributed by atoms with Crippen LogP contribution >= 0.6 is 0 Å². The lowest BCUT2D eigenvalue weighted by Crippen LogP contribution is -1.97. The highest BCUT2D eigenvalue weighted by Gasteiger charge is 2.14. The van der Waals surface area contributed by atoms with E-state index >= 15 is 0 Å². The normalized spacial score (nSPS) is 10.7. The fourth-order valence-electron chi connectivity index (χ4n) is 2.37. The van der Waals surface area contributed by atoms with Crippen LogP contribution in [0.1, 0.15) is 11.1 Å². The van der Waals surface area contributed by atoms with Gasteiger partial charge in [-0.05, 0) is 35.9 Å². The van der Waals surface area contributed by atoms with Crippen molar-refractivity contribution in [2.45, 2.75) is 0 Å². The second kappa shape index (κ2) is 7.93. The van der Waals surface area contributed by atoms with Crippen LogP contribution in [0, 0.1) is 11.3 Å². The molecule has 24 heavy (non-hydrogen) atoms. The van der Waals surface area contributed by atoms with Gasteiger partial charge in [0.05, 0.1) is 34.5 Å². The molecule has 0 aromatic heterocycles. The minimum atomic E-state index is 0.634. The van der Waals surface area contributed by atoms with Gasteiger partial charge in [-0.15, -0.1) is 0 Å². The smallest absolute Gasteiger partial charge is 0.126 e. The van der Waals surface area contributed by atoms with Crippen molar-refractivity contribution in [2.75, 3.05) is 28.4 Å². The highest BCUT2D eigenvalue weighted by molar-refractivity contribution is 5.85. The standard InChI is InChI=1S/C19H19NO4/c1-21-14-5-6-19(24-4)18(12-14)17(7-8-20)13-9-15(22-2)11-16(10-13)23-3/h5-7,9-12H,1-4H3/b17-7-. The Kier molecular flexibility index (Phi) is 5.69. The van der Waals surface area contributed by atoms with E-state index in [4.69, 9.17) is 18.9 Å². The Morgan fingerprint density at radius 3 is 1.96 bits per heavy atom. The zero-order chi connectivity index (χ0) is 17.5. The Labute approximate surface area is 141 Å². The van der Waals surface area contributed by atoms with Gasteiger partial charge in [-0.2, -0.15) is 5.26 Å². The number of methoxy groups -OCH3 is 4. The molecule has 0 unspecified atom stereocenters. The summed E-state index contributed by atoms with van der Waals surface area (Å²) in [6.07, 6.45) is 1.46. The Morgan fingerprint density at radius 2 is 1.46 bits per heavy atom. The molecule has 0 N–H and O–H groups in total. The van der Waals surface area contributed by atoms with Gasteiger partial charge in [0.25, 0.3) is 0 Å². The molecular formula is C19H19NO4. The topological polar surface area (TPSA) is 60.7 Å². The van der Waals surface area contributed by atoms with Crippen LogP contribution in [-0.4, -0.2) is 28.4 Å². The summed E-state index contributed by atoms with van der Waals surface area (Å²) in [5.74, 6) is 2.58.